The summed E-state index contributed by atoms with van der Waals surface area (Å²) in [5.41, 5.74) is -20.7. The van der Waals surface area contributed by atoms with Crippen LogP contribution in [0.2, 0.25) is 0 Å². The number of ether oxygens (including phenoxy) is 7. The van der Waals surface area contributed by atoms with Gasteiger partial charge >= 0.3 is 29.8 Å². The van der Waals surface area contributed by atoms with Crippen LogP contribution in [0.3, 0.4) is 0 Å². The van der Waals surface area contributed by atoms with Crippen molar-refractivity contribution in [2.24, 2.45) is 0 Å². The van der Waals surface area contributed by atoms with Gasteiger partial charge in [-0.05, 0) is 53.6 Å². The van der Waals surface area contributed by atoms with E-state index in [1.807, 2.05) is 0 Å². The molecule has 9 aromatic rings. The third kappa shape index (κ3) is 9.74. The first-order chi connectivity index (χ1) is 51.0. The third-order valence-corrected chi connectivity index (χ3v) is 19.7. The highest BCUT2D eigenvalue weighted by Crippen LogP contribution is 2.67. The summed E-state index contributed by atoms with van der Waals surface area (Å²) in [6.45, 7) is -1.75. The lowest BCUT2D eigenvalue weighted by molar-refractivity contribution is -0.135. The van der Waals surface area contributed by atoms with E-state index in [4.69, 9.17) is 33.2 Å². The second kappa shape index (κ2) is 23.9. The van der Waals surface area contributed by atoms with Crippen molar-refractivity contribution >= 4 is 29.8 Å². The van der Waals surface area contributed by atoms with Crippen LogP contribution < -0.4 is 9.47 Å². The SMILES string of the molecule is O=C1OC[C@@H]2OC(=O)c3cc(O)c(O)c(O)c3-c3c(O)c(O)c(O)c4c3C(=O)OC([C@H]2OC(=O)c2cc(O)c(O)c(O)c2-c2c1cc(O)c(O)c2O)[C@@H]1OC(=O)c2c-4c(O)c(O)c(O)c2[C@@H]1c1c(O)cc(O)c2c1O[C@H](c1ccc(O)c(O)c1)[C@@H](O)[C@@H]2c1c(O)cc(O)c2c1O[C@H](c1ccc(O)c(O)c1)[C@@H](O)C2. The predicted molar refractivity (Wildman–Crippen MR) is 346 cm³/mol. The summed E-state index contributed by atoms with van der Waals surface area (Å²) in [6.07, 6.45) is -20.9. The molecular weight excluding hydrogens is 1440 g/mol. The second-order valence-corrected chi connectivity index (χ2v) is 25.6. The lowest BCUT2D eigenvalue weighted by atomic mass is 9.71. The molecular formula is C71H50O37. The largest absolute Gasteiger partial charge is 0.507 e. The minimum atomic E-state index is -3.22. The number of esters is 5. The summed E-state index contributed by atoms with van der Waals surface area (Å²) in [5, 5.41) is 292. The standard InChI is InChI=1S/C71H50O37/c72-20-3-1-14(5-23(20)75)60-31(83)7-16-22(74)11-25(77)36(62(16)104-60)40-37-26(78)12-27(79)38(64(37)105-61(57(40)94)15-2-4-21(73)24(76)6-15)44-43-46-42(55(92)59(96)56(43)93)41-45-39(53(90)58(95)54(41)91)35-19(10-30(82)49(86)52(35)89)68(98)103-32-13-102-67(97)17-8-28(80)47(84)50(87)33(17)34-18(9-29(81)48(85)51(34)88)69(99)106-63(32)66(108-71(45)101)65(44)107-70(46)100/h1-6,8-12,31-32,40,44,57,60-61,63,65-66,72-96H,7,13H2/t31-,32-,40+,44-,57-,60+,61+,63-,65+,66?/m0/s1. The lowest BCUT2D eigenvalue weighted by Gasteiger charge is -2.45. The summed E-state index contributed by atoms with van der Waals surface area (Å²) < 4.78 is 43.1. The van der Waals surface area contributed by atoms with Gasteiger partial charge in [-0.25, -0.2) is 24.0 Å². The van der Waals surface area contributed by atoms with Gasteiger partial charge < -0.3 is 161 Å². The number of hydrogen-bond donors (Lipinski definition) is 25. The number of hydrogen-bond acceptors (Lipinski definition) is 37. The molecule has 0 amide bonds. The van der Waals surface area contributed by atoms with Gasteiger partial charge in [0.1, 0.15) is 53.3 Å². The van der Waals surface area contributed by atoms with Crippen molar-refractivity contribution in [1.29, 1.82) is 0 Å². The van der Waals surface area contributed by atoms with Gasteiger partial charge in [0.05, 0.1) is 45.8 Å². The van der Waals surface area contributed by atoms with E-state index in [0.717, 1.165) is 30.3 Å². The molecule has 0 saturated carbocycles. The molecule has 9 aromatic carbocycles. The van der Waals surface area contributed by atoms with Gasteiger partial charge in [0.2, 0.25) is 28.7 Å². The van der Waals surface area contributed by atoms with Crippen LogP contribution in [-0.2, 0) is 30.1 Å². The summed E-state index contributed by atoms with van der Waals surface area (Å²) in [7, 11) is 0. The molecule has 16 rings (SSSR count). The zero-order chi connectivity index (χ0) is 77.6. The molecule has 7 aliphatic rings. The Kier molecular flexibility index (Phi) is 15.3. The molecule has 10 atom stereocenters. The van der Waals surface area contributed by atoms with Gasteiger partial charge in [0, 0.05) is 79.8 Å². The molecule has 6 bridgehead atoms. The monoisotopic (exact) mass is 1490 g/mol. The van der Waals surface area contributed by atoms with Crippen LogP contribution in [0.5, 0.6) is 144 Å². The highest BCUT2D eigenvalue weighted by atomic mass is 16.6. The van der Waals surface area contributed by atoms with Crippen LogP contribution in [0.25, 0.3) is 33.4 Å². The van der Waals surface area contributed by atoms with E-state index in [1.165, 1.54) is 6.07 Å². The summed E-state index contributed by atoms with van der Waals surface area (Å²) in [6, 6.07) is 7.72. The highest BCUT2D eigenvalue weighted by molar-refractivity contribution is 6.17. The highest BCUT2D eigenvalue weighted by Gasteiger charge is 2.59. The Balaban J connectivity index is 1.08. The fourth-order valence-electron chi connectivity index (χ4n) is 14.8. The topological polar surface area (TPSA) is 656 Å². The fraction of sp³-hybridized carbons (Fsp3) is 0.169. The number of phenolic OH excluding ortho intramolecular Hbond substituents is 23. The van der Waals surface area contributed by atoms with Crippen LogP contribution in [0.1, 0.15) is 115 Å². The number of aliphatic hydroxyl groups excluding tert-OH is 2. The molecule has 25 N–H and O–H groups in total. The Labute approximate surface area is 597 Å². The normalized spacial score (nSPS) is 21.7. The number of rotatable bonds is 4. The van der Waals surface area contributed by atoms with Gasteiger partial charge in [0.15, 0.2) is 111 Å². The molecule has 0 aromatic heterocycles. The van der Waals surface area contributed by atoms with E-state index < -0.39 is 336 Å². The molecule has 0 radical (unpaired) electrons. The summed E-state index contributed by atoms with van der Waals surface area (Å²) in [4.78, 5) is 78.2. The second-order valence-electron chi connectivity index (χ2n) is 25.6. The third-order valence-electron chi connectivity index (χ3n) is 19.7. The number of cyclic esters (lactones) is 1. The number of aromatic hydroxyl groups is 23. The van der Waals surface area contributed by atoms with Crippen LogP contribution >= 0.6 is 0 Å². The lowest BCUT2D eigenvalue weighted by Crippen LogP contribution is -2.56. The Morgan fingerprint density at radius 2 is 0.694 bits per heavy atom. The molecule has 7 aliphatic heterocycles. The van der Waals surface area contributed by atoms with Crippen molar-refractivity contribution in [2.45, 2.75) is 67.1 Å². The van der Waals surface area contributed by atoms with Gasteiger partial charge in [-0.3, -0.25) is 0 Å². The fourth-order valence-corrected chi connectivity index (χ4v) is 14.8. The van der Waals surface area contributed by atoms with Crippen LogP contribution in [0.15, 0.2) is 66.7 Å². The molecule has 1 unspecified atom stereocenters. The van der Waals surface area contributed by atoms with E-state index in [-0.39, 0.29) is 23.3 Å². The van der Waals surface area contributed by atoms with Crippen molar-refractivity contribution in [3.05, 3.63) is 133 Å². The molecule has 0 saturated heterocycles. The zero-order valence-electron chi connectivity index (χ0n) is 53.6. The maximum atomic E-state index is 16.3. The Hall–Kier alpha value is -14.8. The number of phenols is 23. The first kappa shape index (κ1) is 69.0. The molecule has 37 heteroatoms. The molecule has 37 nitrogen and oxygen atoms in total. The smallest absolute Gasteiger partial charge is 0.340 e. The average molecular weight is 1500 g/mol. The van der Waals surface area contributed by atoms with E-state index in [1.54, 1.807) is 0 Å². The van der Waals surface area contributed by atoms with Crippen molar-refractivity contribution in [2.75, 3.05) is 6.61 Å². The molecule has 0 fully saturated rings. The van der Waals surface area contributed by atoms with Crippen LogP contribution in [0, 0.1) is 0 Å². The maximum Gasteiger partial charge on any atom is 0.340 e. The Morgan fingerprint density at radius 3 is 1.23 bits per heavy atom. The first-order valence-corrected chi connectivity index (χ1v) is 31.4. The number of carbonyl (C=O) groups is 5. The molecule has 0 spiro atoms. The van der Waals surface area contributed by atoms with Gasteiger partial charge in [0.25, 0.3) is 0 Å². The van der Waals surface area contributed by atoms with Crippen molar-refractivity contribution in [1.82, 2.24) is 0 Å². The van der Waals surface area contributed by atoms with Crippen molar-refractivity contribution in [3.63, 3.8) is 0 Å². The summed E-state index contributed by atoms with van der Waals surface area (Å²) >= 11 is 0. The molecule has 7 heterocycles. The first-order valence-electron chi connectivity index (χ1n) is 31.4. The number of fused-ring (bicyclic) bond motifs is 9. The van der Waals surface area contributed by atoms with E-state index in [2.05, 4.69) is 0 Å². The minimum Gasteiger partial charge on any atom is -0.507 e. The van der Waals surface area contributed by atoms with Gasteiger partial charge in [-0.1, -0.05) is 12.1 Å². The number of benzene rings is 9. The minimum absolute atomic E-state index is 0.0928. The van der Waals surface area contributed by atoms with Crippen LogP contribution in [0.4, 0.5) is 0 Å². The Morgan fingerprint density at radius 1 is 0.287 bits per heavy atom. The Bertz CT molecular complexity index is 5600. The summed E-state index contributed by atoms with van der Waals surface area (Å²) in [5.74, 6) is -50.0. The average Bonchev–Trinajstić information content (AvgIpc) is 0.885. The van der Waals surface area contributed by atoms with Crippen LogP contribution in [-0.4, -0.2) is 201 Å². The quantitative estimate of drug-likeness (QED) is 0.0643. The van der Waals surface area contributed by atoms with Crippen molar-refractivity contribution in [3.8, 4) is 177 Å². The maximum absolute atomic E-state index is 16.3. The molecule has 108 heavy (non-hydrogen) atoms. The van der Waals surface area contributed by atoms with Gasteiger partial charge in [-0.15, -0.1) is 0 Å². The predicted octanol–water partition coefficient (Wildman–Crippen LogP) is 4.72. The van der Waals surface area contributed by atoms with Gasteiger partial charge in [-0.2, -0.15) is 0 Å². The number of carbonyl (C=O) groups excluding carboxylic acids is 5. The number of aliphatic hydroxyl groups is 2. The van der Waals surface area contributed by atoms with Crippen molar-refractivity contribution < 1.29 is 185 Å². The molecule has 556 valence electrons. The van der Waals surface area contributed by atoms with E-state index in [0.29, 0.717) is 18.2 Å². The van der Waals surface area contributed by atoms with E-state index in [9.17, 15) is 132 Å². The molecule has 0 aliphatic carbocycles. The zero-order valence-corrected chi connectivity index (χ0v) is 53.6. The van der Waals surface area contributed by atoms with E-state index >= 15 is 19.2 Å².